The number of aryl methyl sites for hydroxylation is 1. The topological polar surface area (TPSA) is 58.6 Å². The van der Waals surface area contributed by atoms with E-state index in [2.05, 4.69) is 5.32 Å². The Kier molecular flexibility index (Phi) is 4.28. The summed E-state index contributed by atoms with van der Waals surface area (Å²) in [7, 11) is 0. The quantitative estimate of drug-likeness (QED) is 0.806. The maximum atomic E-state index is 13.5. The fourth-order valence-corrected chi connectivity index (χ4v) is 2.01. The Morgan fingerprint density at radius 3 is 2.85 bits per heavy atom. The number of aliphatic carboxylic acids is 1. The first-order chi connectivity index (χ1) is 9.40. The molecule has 0 radical (unpaired) electrons. The van der Waals surface area contributed by atoms with Crippen molar-refractivity contribution in [3.63, 3.8) is 0 Å². The second-order valence-corrected chi connectivity index (χ2v) is 5.59. The third kappa shape index (κ3) is 3.70. The molecule has 1 fully saturated rings. The van der Waals surface area contributed by atoms with E-state index in [-0.39, 0.29) is 24.8 Å². The van der Waals surface area contributed by atoms with Crippen molar-refractivity contribution in [1.82, 2.24) is 5.32 Å². The first kappa shape index (κ1) is 14.8. The van der Waals surface area contributed by atoms with Crippen molar-refractivity contribution in [2.24, 2.45) is 0 Å². The minimum Gasteiger partial charge on any atom is -0.490 e. The van der Waals surface area contributed by atoms with Gasteiger partial charge in [-0.2, -0.15) is 0 Å². The van der Waals surface area contributed by atoms with Crippen molar-refractivity contribution in [3.05, 3.63) is 29.6 Å². The van der Waals surface area contributed by atoms with E-state index < -0.39 is 17.3 Å². The standard InChI is InChI=1S/C15H20FNO3/c1-10-3-6-12(16)13(9-10)20-8-7-15(2,14(18)19)17-11-4-5-11/h3,6,9,11,17H,4-5,7-8H2,1-2H3,(H,18,19). The molecular weight excluding hydrogens is 261 g/mol. The van der Waals surface area contributed by atoms with Gasteiger partial charge in [-0.1, -0.05) is 6.07 Å². The number of hydrogen-bond donors (Lipinski definition) is 2. The van der Waals surface area contributed by atoms with Crippen molar-refractivity contribution >= 4 is 5.97 Å². The summed E-state index contributed by atoms with van der Waals surface area (Å²) in [6, 6.07) is 4.91. The number of ether oxygens (including phenoxy) is 1. The normalized spacial score (nSPS) is 17.6. The van der Waals surface area contributed by atoms with Crippen LogP contribution in [0.5, 0.6) is 5.75 Å². The Labute approximate surface area is 117 Å². The van der Waals surface area contributed by atoms with Gasteiger partial charge in [-0.15, -0.1) is 0 Å². The van der Waals surface area contributed by atoms with Crippen LogP contribution in [0.2, 0.25) is 0 Å². The van der Waals surface area contributed by atoms with Crippen LogP contribution in [0.15, 0.2) is 18.2 Å². The molecule has 1 aliphatic rings. The summed E-state index contributed by atoms with van der Waals surface area (Å²) in [5.41, 5.74) is -0.125. The summed E-state index contributed by atoms with van der Waals surface area (Å²) in [5.74, 6) is -1.16. The van der Waals surface area contributed by atoms with Gasteiger partial charge in [0.25, 0.3) is 0 Å². The van der Waals surface area contributed by atoms with Crippen LogP contribution in [0, 0.1) is 12.7 Å². The summed E-state index contributed by atoms with van der Waals surface area (Å²) in [4.78, 5) is 11.4. The van der Waals surface area contributed by atoms with Gasteiger partial charge in [-0.25, -0.2) is 4.39 Å². The maximum absolute atomic E-state index is 13.5. The molecule has 0 bridgehead atoms. The van der Waals surface area contributed by atoms with E-state index in [0.717, 1.165) is 18.4 Å². The molecule has 0 saturated heterocycles. The molecule has 1 atom stereocenters. The predicted molar refractivity (Wildman–Crippen MR) is 73.4 cm³/mol. The Morgan fingerprint density at radius 2 is 2.25 bits per heavy atom. The lowest BCUT2D eigenvalue weighted by Gasteiger charge is -2.26. The molecule has 0 aliphatic heterocycles. The lowest BCUT2D eigenvalue weighted by Crippen LogP contribution is -2.51. The minimum atomic E-state index is -1.03. The molecule has 0 spiro atoms. The fourth-order valence-electron chi connectivity index (χ4n) is 2.01. The number of carboxylic acid groups (broad SMARTS) is 1. The maximum Gasteiger partial charge on any atom is 0.323 e. The van der Waals surface area contributed by atoms with Gasteiger partial charge in [0, 0.05) is 12.5 Å². The SMILES string of the molecule is Cc1ccc(F)c(OCCC(C)(NC2CC2)C(=O)O)c1. The van der Waals surface area contributed by atoms with Gasteiger partial charge in [-0.05, 0) is 44.4 Å². The molecule has 2 N–H and O–H groups in total. The van der Waals surface area contributed by atoms with E-state index in [9.17, 15) is 14.3 Å². The molecule has 0 heterocycles. The van der Waals surface area contributed by atoms with Crippen LogP contribution in [0.4, 0.5) is 4.39 Å². The zero-order chi connectivity index (χ0) is 14.8. The molecule has 0 aromatic heterocycles. The van der Waals surface area contributed by atoms with Crippen molar-refractivity contribution in [2.45, 2.75) is 44.7 Å². The summed E-state index contributed by atoms with van der Waals surface area (Å²) in [5, 5.41) is 12.4. The van der Waals surface area contributed by atoms with Crippen LogP contribution < -0.4 is 10.1 Å². The van der Waals surface area contributed by atoms with E-state index in [1.54, 1.807) is 19.1 Å². The Morgan fingerprint density at radius 1 is 1.55 bits per heavy atom. The van der Waals surface area contributed by atoms with Crippen molar-refractivity contribution in [1.29, 1.82) is 0 Å². The first-order valence-electron chi connectivity index (χ1n) is 6.81. The minimum absolute atomic E-state index is 0.156. The highest BCUT2D eigenvalue weighted by Crippen LogP contribution is 2.25. The summed E-state index contributed by atoms with van der Waals surface area (Å²) < 4.78 is 18.9. The van der Waals surface area contributed by atoms with Gasteiger partial charge in [-0.3, -0.25) is 10.1 Å². The number of carbonyl (C=O) groups is 1. The summed E-state index contributed by atoms with van der Waals surface area (Å²) in [6.07, 6.45) is 2.30. The number of benzene rings is 1. The van der Waals surface area contributed by atoms with Crippen molar-refractivity contribution in [3.8, 4) is 5.75 Å². The number of rotatable bonds is 7. The van der Waals surface area contributed by atoms with Crippen LogP contribution in [-0.2, 0) is 4.79 Å². The number of halogens is 1. The lowest BCUT2D eigenvalue weighted by atomic mass is 9.98. The molecule has 1 aromatic rings. The highest BCUT2D eigenvalue weighted by atomic mass is 19.1. The predicted octanol–water partition coefficient (Wildman–Crippen LogP) is 2.50. The molecule has 110 valence electrons. The van der Waals surface area contributed by atoms with Crippen LogP contribution in [0.1, 0.15) is 31.7 Å². The smallest absolute Gasteiger partial charge is 0.323 e. The van der Waals surface area contributed by atoms with E-state index in [0.29, 0.717) is 0 Å². The molecule has 5 heteroatoms. The molecule has 1 unspecified atom stereocenters. The van der Waals surface area contributed by atoms with Crippen molar-refractivity contribution < 1.29 is 19.0 Å². The van der Waals surface area contributed by atoms with E-state index in [4.69, 9.17) is 4.74 Å². The van der Waals surface area contributed by atoms with Gasteiger partial charge in [0.1, 0.15) is 5.54 Å². The molecule has 2 rings (SSSR count). The number of carboxylic acids is 1. The van der Waals surface area contributed by atoms with Crippen LogP contribution in [0.25, 0.3) is 0 Å². The molecule has 1 saturated carbocycles. The highest BCUT2D eigenvalue weighted by Gasteiger charge is 2.38. The Bertz CT molecular complexity index is 502. The van der Waals surface area contributed by atoms with Gasteiger partial charge in [0.15, 0.2) is 11.6 Å². The number of nitrogens with one attached hydrogen (secondary N) is 1. The molecule has 0 amide bonds. The van der Waals surface area contributed by atoms with Crippen LogP contribution in [-0.4, -0.2) is 29.3 Å². The molecule has 4 nitrogen and oxygen atoms in total. The molecular formula is C15H20FNO3. The van der Waals surface area contributed by atoms with E-state index in [1.165, 1.54) is 6.07 Å². The Hall–Kier alpha value is -1.62. The van der Waals surface area contributed by atoms with E-state index >= 15 is 0 Å². The average Bonchev–Trinajstić information content (AvgIpc) is 3.17. The zero-order valence-electron chi connectivity index (χ0n) is 11.8. The molecule has 20 heavy (non-hydrogen) atoms. The monoisotopic (exact) mass is 281 g/mol. The van der Waals surface area contributed by atoms with Crippen molar-refractivity contribution in [2.75, 3.05) is 6.61 Å². The fraction of sp³-hybridized carbons (Fsp3) is 0.533. The Balaban J connectivity index is 1.92. The largest absolute Gasteiger partial charge is 0.490 e. The second kappa shape index (κ2) is 5.79. The van der Waals surface area contributed by atoms with Gasteiger partial charge in [0.05, 0.1) is 6.61 Å². The van der Waals surface area contributed by atoms with Crippen LogP contribution in [0.3, 0.4) is 0 Å². The lowest BCUT2D eigenvalue weighted by molar-refractivity contribution is -0.144. The van der Waals surface area contributed by atoms with Gasteiger partial charge >= 0.3 is 5.97 Å². The third-order valence-electron chi connectivity index (χ3n) is 3.52. The van der Waals surface area contributed by atoms with Gasteiger partial charge in [0.2, 0.25) is 0 Å². The average molecular weight is 281 g/mol. The highest BCUT2D eigenvalue weighted by molar-refractivity contribution is 5.78. The second-order valence-electron chi connectivity index (χ2n) is 5.59. The number of hydrogen-bond acceptors (Lipinski definition) is 3. The van der Waals surface area contributed by atoms with Gasteiger partial charge < -0.3 is 9.84 Å². The van der Waals surface area contributed by atoms with Crippen LogP contribution >= 0.6 is 0 Å². The zero-order valence-corrected chi connectivity index (χ0v) is 11.8. The third-order valence-corrected chi connectivity index (χ3v) is 3.52. The summed E-state index contributed by atoms with van der Waals surface area (Å²) in [6.45, 7) is 3.65. The molecule has 1 aliphatic carbocycles. The van der Waals surface area contributed by atoms with E-state index in [1.807, 2.05) is 6.92 Å². The first-order valence-corrected chi connectivity index (χ1v) is 6.81. The molecule has 1 aromatic carbocycles. The summed E-state index contributed by atoms with van der Waals surface area (Å²) >= 11 is 0.